The van der Waals surface area contributed by atoms with E-state index in [4.69, 9.17) is 5.10 Å². The number of nitriles is 1. The van der Waals surface area contributed by atoms with E-state index < -0.39 is 5.41 Å². The number of allylic oxidation sites excluding steroid dienone is 4. The van der Waals surface area contributed by atoms with E-state index in [-0.39, 0.29) is 33.5 Å². The number of rotatable bonds is 3. The van der Waals surface area contributed by atoms with Crippen molar-refractivity contribution in [2.24, 2.45) is 67.7 Å². The zero-order chi connectivity index (χ0) is 28.6. The van der Waals surface area contributed by atoms with Crippen LogP contribution in [-0.2, 0) is 4.79 Å². The highest BCUT2D eigenvalue weighted by molar-refractivity contribution is 5.98. The van der Waals surface area contributed by atoms with Gasteiger partial charge in [0.15, 0.2) is 5.78 Å². The maximum Gasteiger partial charge on any atom is 0.159 e. The van der Waals surface area contributed by atoms with Crippen molar-refractivity contribution in [1.29, 1.82) is 5.26 Å². The Morgan fingerprint density at radius 2 is 1.79 bits per heavy atom. The highest BCUT2D eigenvalue weighted by Crippen LogP contribution is 2.70. The summed E-state index contributed by atoms with van der Waals surface area (Å²) in [5, 5.41) is 15.2. The summed E-state index contributed by atoms with van der Waals surface area (Å²) in [6.45, 7) is 21.6. The second kappa shape index (κ2) is 9.32. The average molecular weight is 532 g/mol. The van der Waals surface area contributed by atoms with Crippen molar-refractivity contribution in [2.75, 3.05) is 6.54 Å². The van der Waals surface area contributed by atoms with Gasteiger partial charge in [-0.2, -0.15) is 10.4 Å². The zero-order valence-corrected chi connectivity index (χ0v) is 26.2. The molecule has 39 heavy (non-hydrogen) atoms. The third-order valence-corrected chi connectivity index (χ3v) is 12.9. The Morgan fingerprint density at radius 3 is 2.46 bits per heavy atom. The highest BCUT2D eigenvalue weighted by atomic mass is 16.1. The van der Waals surface area contributed by atoms with Crippen LogP contribution in [0.2, 0.25) is 0 Å². The molecule has 9 unspecified atom stereocenters. The summed E-state index contributed by atoms with van der Waals surface area (Å²) in [5.74, 6) is 2.33. The van der Waals surface area contributed by atoms with Gasteiger partial charge < -0.3 is 5.43 Å². The molecule has 0 aromatic carbocycles. The van der Waals surface area contributed by atoms with Crippen molar-refractivity contribution in [2.45, 2.75) is 107 Å². The van der Waals surface area contributed by atoms with E-state index in [0.29, 0.717) is 29.5 Å². The predicted molar refractivity (Wildman–Crippen MR) is 160 cm³/mol. The molecule has 0 aromatic rings. The topological polar surface area (TPSA) is 65.2 Å². The normalized spacial score (nSPS) is 45.7. The molecule has 4 heteroatoms. The van der Waals surface area contributed by atoms with Crippen molar-refractivity contribution >= 4 is 11.5 Å². The molecule has 5 rings (SSSR count). The molecule has 0 aromatic heterocycles. The minimum Gasteiger partial charge on any atom is -0.310 e. The fourth-order valence-electron chi connectivity index (χ4n) is 10.6. The van der Waals surface area contributed by atoms with E-state index in [2.05, 4.69) is 92.0 Å². The van der Waals surface area contributed by atoms with Gasteiger partial charge in [-0.25, -0.2) is 0 Å². The Balaban J connectivity index is 1.64. The molecule has 9 atom stereocenters. The van der Waals surface area contributed by atoms with Gasteiger partial charge in [-0.15, -0.1) is 0 Å². The van der Waals surface area contributed by atoms with Gasteiger partial charge in [-0.1, -0.05) is 59.3 Å². The van der Waals surface area contributed by atoms with Gasteiger partial charge in [0.2, 0.25) is 0 Å². The van der Waals surface area contributed by atoms with E-state index in [9.17, 15) is 10.1 Å². The first-order chi connectivity index (χ1) is 18.2. The van der Waals surface area contributed by atoms with Gasteiger partial charge in [0.25, 0.3) is 0 Å². The molecule has 1 aliphatic heterocycles. The summed E-state index contributed by atoms with van der Waals surface area (Å²) < 4.78 is 0. The van der Waals surface area contributed by atoms with Gasteiger partial charge in [-0.05, 0) is 106 Å². The monoisotopic (exact) mass is 531 g/mol. The molecule has 214 valence electrons. The number of carbonyl (C=O) groups excluding carboxylic acids is 1. The van der Waals surface area contributed by atoms with Crippen LogP contribution in [0, 0.1) is 73.9 Å². The summed E-state index contributed by atoms with van der Waals surface area (Å²) >= 11 is 0. The Morgan fingerprint density at radius 1 is 1.08 bits per heavy atom. The van der Waals surface area contributed by atoms with Gasteiger partial charge in [0.05, 0.1) is 11.5 Å². The maximum absolute atomic E-state index is 14.6. The number of ketones is 1. The maximum atomic E-state index is 14.6. The van der Waals surface area contributed by atoms with Crippen molar-refractivity contribution in [1.82, 2.24) is 5.43 Å². The van der Waals surface area contributed by atoms with Crippen molar-refractivity contribution in [3.63, 3.8) is 0 Å². The Labute approximate surface area is 238 Å². The summed E-state index contributed by atoms with van der Waals surface area (Å²) in [6, 6.07) is 2.63. The van der Waals surface area contributed by atoms with Crippen LogP contribution in [-0.4, -0.2) is 18.0 Å². The van der Waals surface area contributed by atoms with Crippen LogP contribution < -0.4 is 5.43 Å². The second-order valence-electron chi connectivity index (χ2n) is 16.0. The third kappa shape index (κ3) is 4.11. The lowest BCUT2D eigenvalue weighted by Gasteiger charge is -2.65. The molecule has 4 nitrogen and oxygen atoms in total. The number of carbonyl (C=O) groups is 1. The minimum atomic E-state index is -0.454. The Hall–Kier alpha value is -1.89. The molecular formula is C35H53N3O. The number of nitrogens with zero attached hydrogens (tertiary/aromatic N) is 2. The van der Waals surface area contributed by atoms with E-state index in [1.807, 2.05) is 0 Å². The van der Waals surface area contributed by atoms with Crippen LogP contribution in [0.25, 0.3) is 0 Å². The summed E-state index contributed by atoms with van der Waals surface area (Å²) in [7, 11) is 0. The van der Waals surface area contributed by atoms with Crippen LogP contribution in [0.4, 0.5) is 0 Å². The first-order valence-electron chi connectivity index (χ1n) is 15.8. The molecule has 0 spiro atoms. The smallest absolute Gasteiger partial charge is 0.159 e. The number of hydrogen-bond acceptors (Lipinski definition) is 4. The molecule has 1 N–H and O–H groups in total. The Kier molecular flexibility index (Phi) is 6.84. The number of hydrazone groups is 1. The number of hydrogen-bond donors (Lipinski definition) is 1. The molecule has 5 aliphatic rings. The third-order valence-electron chi connectivity index (χ3n) is 12.9. The quantitative estimate of drug-likeness (QED) is 0.374. The summed E-state index contributed by atoms with van der Waals surface area (Å²) in [4.78, 5) is 14.6. The summed E-state index contributed by atoms with van der Waals surface area (Å²) in [6.07, 6.45) is 14.4. The first kappa shape index (κ1) is 28.6. The van der Waals surface area contributed by atoms with Crippen LogP contribution in [0.15, 0.2) is 28.9 Å². The van der Waals surface area contributed by atoms with Crippen LogP contribution >= 0.6 is 0 Å². The van der Waals surface area contributed by atoms with E-state index in [0.717, 1.165) is 45.1 Å². The first-order valence-corrected chi connectivity index (χ1v) is 15.8. The van der Waals surface area contributed by atoms with E-state index in [1.165, 1.54) is 17.7 Å². The van der Waals surface area contributed by atoms with E-state index >= 15 is 0 Å². The molecule has 0 saturated heterocycles. The molecule has 0 amide bonds. The zero-order valence-electron chi connectivity index (χ0n) is 26.2. The van der Waals surface area contributed by atoms with Gasteiger partial charge in [0, 0.05) is 34.9 Å². The van der Waals surface area contributed by atoms with Gasteiger partial charge in [0.1, 0.15) is 0 Å². The Bertz CT molecular complexity index is 1150. The van der Waals surface area contributed by atoms with E-state index in [1.54, 1.807) is 0 Å². The van der Waals surface area contributed by atoms with Gasteiger partial charge >= 0.3 is 0 Å². The van der Waals surface area contributed by atoms with Crippen LogP contribution in [0.3, 0.4) is 0 Å². The molecule has 4 aliphatic carbocycles. The van der Waals surface area contributed by atoms with Crippen molar-refractivity contribution < 1.29 is 4.79 Å². The average Bonchev–Trinajstić information content (AvgIpc) is 2.86. The largest absolute Gasteiger partial charge is 0.310 e. The standard InChI is InChI=1S/C35H53N3O/c1-10-13-34(9)27(32(6,7)21-36)12-14-33(8)24-11-15-35(30-23(3)22(2)20-37-38-30)17-16-31(4,5)19-25(35)29(24)26(39)18-28(33)34/h10,13,18,22-25,27,29,37H,11-12,14-17,19-20H2,1-9H3/b13-10-. The molecular weight excluding hydrogens is 478 g/mol. The summed E-state index contributed by atoms with van der Waals surface area (Å²) in [5.41, 5.74) is 5.59. The molecule has 1 heterocycles. The lowest BCUT2D eigenvalue weighted by Crippen LogP contribution is -2.62. The second-order valence-corrected chi connectivity index (χ2v) is 16.0. The molecule has 0 radical (unpaired) electrons. The minimum absolute atomic E-state index is 0.0197. The molecule has 3 fully saturated rings. The highest BCUT2D eigenvalue weighted by Gasteiger charge is 2.65. The van der Waals surface area contributed by atoms with Gasteiger partial charge in [-0.3, -0.25) is 4.79 Å². The number of nitrogens with one attached hydrogen (secondary N) is 1. The predicted octanol–water partition coefficient (Wildman–Crippen LogP) is 8.11. The van der Waals surface area contributed by atoms with Crippen molar-refractivity contribution in [3.8, 4) is 6.07 Å². The fourth-order valence-corrected chi connectivity index (χ4v) is 10.6. The molecule has 0 bridgehead atoms. The number of fused-ring (bicyclic) bond motifs is 5. The van der Waals surface area contributed by atoms with Crippen LogP contribution in [0.1, 0.15) is 107 Å². The van der Waals surface area contributed by atoms with Crippen molar-refractivity contribution in [3.05, 3.63) is 23.8 Å². The molecule has 3 saturated carbocycles. The SMILES string of the molecule is C/C=C\C1(C)C2=CC(=O)C3C(CCC4(C5=NNCC(C)C5C)CCC(C)(C)CC34)C2(C)CCC1C(C)(C)C#N. The lowest BCUT2D eigenvalue weighted by molar-refractivity contribution is -0.139. The van der Waals surface area contributed by atoms with Crippen LogP contribution in [0.5, 0.6) is 0 Å². The fraction of sp³-hybridized carbons (Fsp3) is 0.800. The lowest BCUT2D eigenvalue weighted by atomic mass is 9.38.